The lowest BCUT2D eigenvalue weighted by molar-refractivity contribution is -0.137. The summed E-state index contributed by atoms with van der Waals surface area (Å²) in [7, 11) is 1.76. The first-order valence-electron chi connectivity index (χ1n) is 11.2. The molecule has 1 aromatic carbocycles. The number of carbonyl (C=O) groups excluding carboxylic acids is 3. The van der Waals surface area contributed by atoms with Crippen LogP contribution in [0, 0.1) is 11.8 Å². The van der Waals surface area contributed by atoms with Crippen LogP contribution < -0.4 is 10.6 Å². The second-order valence-electron chi connectivity index (χ2n) is 8.68. The minimum absolute atomic E-state index is 0.0699. The normalized spacial score (nSPS) is 19.5. The van der Waals surface area contributed by atoms with E-state index >= 15 is 0 Å². The highest BCUT2D eigenvalue weighted by Gasteiger charge is 2.35. The first-order valence-corrected chi connectivity index (χ1v) is 11.6. The zero-order valence-corrected chi connectivity index (χ0v) is 19.0. The average molecular weight is 449 g/mol. The number of likely N-dealkylation sites (tertiary alicyclic amines) is 2. The Bertz CT molecular complexity index is 763. The van der Waals surface area contributed by atoms with Crippen molar-refractivity contribution in [1.82, 2.24) is 20.4 Å². The first kappa shape index (κ1) is 23.4. The SMILES string of the molecule is CN1CC(C(=O)N2CCC(CCCCNC(=O)NCc3ccc(Cl)cc3)CC2)CC1=O. The predicted molar refractivity (Wildman–Crippen MR) is 121 cm³/mol. The van der Waals surface area contributed by atoms with Crippen LogP contribution in [0.4, 0.5) is 4.79 Å². The van der Waals surface area contributed by atoms with Crippen molar-refractivity contribution in [3.05, 3.63) is 34.9 Å². The molecule has 0 bridgehead atoms. The van der Waals surface area contributed by atoms with Crippen molar-refractivity contribution in [2.45, 2.75) is 45.1 Å². The Morgan fingerprint density at radius 3 is 2.45 bits per heavy atom. The molecule has 2 aliphatic heterocycles. The van der Waals surface area contributed by atoms with Crippen LogP contribution in [0.3, 0.4) is 0 Å². The van der Waals surface area contributed by atoms with Crippen LogP contribution in [0.15, 0.2) is 24.3 Å². The summed E-state index contributed by atoms with van der Waals surface area (Å²) < 4.78 is 0. The van der Waals surface area contributed by atoms with E-state index in [1.54, 1.807) is 11.9 Å². The van der Waals surface area contributed by atoms with Gasteiger partial charge in [0.25, 0.3) is 0 Å². The van der Waals surface area contributed by atoms with Crippen LogP contribution in [0.25, 0.3) is 0 Å². The predicted octanol–water partition coefficient (Wildman–Crippen LogP) is 3.03. The van der Waals surface area contributed by atoms with Gasteiger partial charge >= 0.3 is 6.03 Å². The van der Waals surface area contributed by atoms with E-state index in [1.807, 2.05) is 29.2 Å². The molecule has 0 spiro atoms. The number of carbonyl (C=O) groups is 3. The second-order valence-corrected chi connectivity index (χ2v) is 9.11. The Morgan fingerprint density at radius 2 is 1.81 bits per heavy atom. The number of benzene rings is 1. The molecule has 1 atom stereocenters. The fourth-order valence-corrected chi connectivity index (χ4v) is 4.46. The van der Waals surface area contributed by atoms with E-state index in [0.29, 0.717) is 37.0 Å². The molecule has 2 heterocycles. The van der Waals surface area contributed by atoms with E-state index in [0.717, 1.165) is 50.8 Å². The van der Waals surface area contributed by atoms with Crippen molar-refractivity contribution >= 4 is 29.4 Å². The Hall–Kier alpha value is -2.28. The Morgan fingerprint density at radius 1 is 1.10 bits per heavy atom. The Balaban J connectivity index is 1.23. The maximum atomic E-state index is 12.6. The van der Waals surface area contributed by atoms with Crippen molar-refractivity contribution in [2.24, 2.45) is 11.8 Å². The van der Waals surface area contributed by atoms with E-state index in [1.165, 1.54) is 0 Å². The molecule has 7 nitrogen and oxygen atoms in total. The zero-order valence-electron chi connectivity index (χ0n) is 18.2. The maximum absolute atomic E-state index is 12.6. The lowest BCUT2D eigenvalue weighted by atomic mass is 9.91. The number of nitrogens with zero attached hydrogens (tertiary/aromatic N) is 2. The van der Waals surface area contributed by atoms with Gasteiger partial charge in [-0.25, -0.2) is 4.79 Å². The van der Waals surface area contributed by atoms with Gasteiger partial charge in [0.2, 0.25) is 11.8 Å². The molecule has 4 amide bonds. The average Bonchev–Trinajstić information content (AvgIpc) is 3.11. The first-order chi connectivity index (χ1) is 14.9. The largest absolute Gasteiger partial charge is 0.345 e. The molecule has 8 heteroatoms. The molecule has 2 N–H and O–H groups in total. The molecule has 2 saturated heterocycles. The van der Waals surface area contributed by atoms with Gasteiger partial charge in [0.15, 0.2) is 0 Å². The van der Waals surface area contributed by atoms with Gasteiger partial charge in [-0.05, 0) is 42.9 Å². The topological polar surface area (TPSA) is 81.8 Å². The molecule has 2 aliphatic rings. The van der Waals surface area contributed by atoms with E-state index < -0.39 is 0 Å². The van der Waals surface area contributed by atoms with Crippen molar-refractivity contribution in [1.29, 1.82) is 0 Å². The molecule has 0 aliphatic carbocycles. The molecular formula is C23H33ClN4O3. The number of unbranched alkanes of at least 4 members (excludes halogenated alkanes) is 1. The summed E-state index contributed by atoms with van der Waals surface area (Å²) in [6, 6.07) is 7.26. The highest BCUT2D eigenvalue weighted by Crippen LogP contribution is 2.25. The lowest BCUT2D eigenvalue weighted by Gasteiger charge is -2.33. The third-order valence-corrected chi connectivity index (χ3v) is 6.56. The van der Waals surface area contributed by atoms with E-state index in [9.17, 15) is 14.4 Å². The fourth-order valence-electron chi connectivity index (χ4n) is 4.34. The van der Waals surface area contributed by atoms with Crippen LogP contribution in [-0.4, -0.2) is 60.9 Å². The van der Waals surface area contributed by atoms with Gasteiger partial charge in [0.05, 0.1) is 5.92 Å². The molecule has 1 aromatic rings. The highest BCUT2D eigenvalue weighted by atomic mass is 35.5. The second kappa shape index (κ2) is 11.4. The van der Waals surface area contributed by atoms with E-state index in [-0.39, 0.29) is 23.8 Å². The summed E-state index contributed by atoms with van der Waals surface area (Å²) in [5.41, 5.74) is 1.01. The van der Waals surface area contributed by atoms with Gasteiger partial charge in [0, 0.05) is 51.2 Å². The monoisotopic (exact) mass is 448 g/mol. The van der Waals surface area contributed by atoms with Crippen molar-refractivity contribution in [3.8, 4) is 0 Å². The van der Waals surface area contributed by atoms with Crippen LogP contribution >= 0.6 is 11.6 Å². The minimum Gasteiger partial charge on any atom is -0.345 e. The molecular weight excluding hydrogens is 416 g/mol. The molecule has 31 heavy (non-hydrogen) atoms. The van der Waals surface area contributed by atoms with E-state index in [4.69, 9.17) is 11.6 Å². The van der Waals surface area contributed by atoms with Crippen LogP contribution in [-0.2, 0) is 16.1 Å². The van der Waals surface area contributed by atoms with Crippen LogP contribution in [0.2, 0.25) is 5.02 Å². The van der Waals surface area contributed by atoms with Crippen LogP contribution in [0.1, 0.15) is 44.1 Å². The summed E-state index contributed by atoms with van der Waals surface area (Å²) in [5, 5.41) is 6.43. The minimum atomic E-state index is -0.161. The van der Waals surface area contributed by atoms with E-state index in [2.05, 4.69) is 10.6 Å². The van der Waals surface area contributed by atoms with Gasteiger partial charge in [-0.3, -0.25) is 9.59 Å². The number of nitrogens with one attached hydrogen (secondary N) is 2. The fraction of sp³-hybridized carbons (Fsp3) is 0.609. The molecule has 0 aromatic heterocycles. The van der Waals surface area contributed by atoms with Crippen molar-refractivity contribution in [3.63, 3.8) is 0 Å². The third kappa shape index (κ3) is 7.13. The molecule has 0 saturated carbocycles. The van der Waals surface area contributed by atoms with Gasteiger partial charge in [-0.15, -0.1) is 0 Å². The number of piperidine rings is 1. The molecule has 2 fully saturated rings. The van der Waals surface area contributed by atoms with Crippen LogP contribution in [0.5, 0.6) is 0 Å². The van der Waals surface area contributed by atoms with Crippen molar-refractivity contribution < 1.29 is 14.4 Å². The summed E-state index contributed by atoms with van der Waals surface area (Å²) in [6.07, 6.45) is 5.55. The molecule has 1 unspecified atom stereocenters. The molecule has 3 rings (SSSR count). The third-order valence-electron chi connectivity index (χ3n) is 6.31. The summed E-state index contributed by atoms with van der Waals surface area (Å²) in [6.45, 7) is 3.28. The summed E-state index contributed by atoms with van der Waals surface area (Å²) in [4.78, 5) is 39.8. The highest BCUT2D eigenvalue weighted by molar-refractivity contribution is 6.30. The summed E-state index contributed by atoms with van der Waals surface area (Å²) in [5.74, 6) is 0.687. The molecule has 170 valence electrons. The van der Waals surface area contributed by atoms with Gasteiger partial charge in [0.1, 0.15) is 0 Å². The quantitative estimate of drug-likeness (QED) is 0.600. The Labute approximate surface area is 189 Å². The smallest absolute Gasteiger partial charge is 0.315 e. The summed E-state index contributed by atoms with van der Waals surface area (Å²) >= 11 is 5.86. The maximum Gasteiger partial charge on any atom is 0.315 e. The number of rotatable bonds is 8. The number of hydrogen-bond donors (Lipinski definition) is 2. The van der Waals surface area contributed by atoms with Gasteiger partial charge < -0.3 is 20.4 Å². The standard InChI is InChI=1S/C23H33ClN4O3/c1-27-16-19(14-21(27)29)22(30)28-12-9-17(10-13-28)4-2-3-11-25-23(31)26-15-18-5-7-20(24)8-6-18/h5-8,17,19H,2-4,9-16H2,1H3,(H2,25,26,31). The number of halogens is 1. The number of amides is 4. The Kier molecular flexibility index (Phi) is 8.58. The van der Waals surface area contributed by atoms with Gasteiger partial charge in [-0.1, -0.05) is 36.6 Å². The van der Waals surface area contributed by atoms with Gasteiger partial charge in [-0.2, -0.15) is 0 Å². The molecule has 0 radical (unpaired) electrons. The zero-order chi connectivity index (χ0) is 22.2. The van der Waals surface area contributed by atoms with Crippen molar-refractivity contribution in [2.75, 3.05) is 33.2 Å². The number of urea groups is 1. The number of hydrogen-bond acceptors (Lipinski definition) is 3. The lowest BCUT2D eigenvalue weighted by Crippen LogP contribution is -2.42.